The van der Waals surface area contributed by atoms with Gasteiger partial charge in [0.15, 0.2) is 0 Å². The molecule has 0 aromatic rings. The smallest absolute Gasteiger partial charge is 0.328 e. The van der Waals surface area contributed by atoms with Gasteiger partial charge in [0, 0.05) is 6.61 Å². The van der Waals surface area contributed by atoms with Gasteiger partial charge in [0.1, 0.15) is 5.54 Å². The Balaban J connectivity index is 2.50. The second-order valence-electron chi connectivity index (χ2n) is 4.33. The first-order chi connectivity index (χ1) is 6.93. The average Bonchev–Trinajstić information content (AvgIpc) is 2.18. The van der Waals surface area contributed by atoms with Gasteiger partial charge in [-0.2, -0.15) is 0 Å². The third kappa shape index (κ3) is 3.20. The summed E-state index contributed by atoms with van der Waals surface area (Å²) in [5, 5.41) is 11.3. The molecule has 0 aromatic heterocycles. The van der Waals surface area contributed by atoms with E-state index in [1.54, 1.807) is 0 Å². The van der Waals surface area contributed by atoms with Crippen molar-refractivity contribution in [1.29, 1.82) is 0 Å². The van der Waals surface area contributed by atoms with E-state index in [1.165, 1.54) is 13.8 Å². The maximum Gasteiger partial charge on any atom is 0.328 e. The maximum absolute atomic E-state index is 11.7. The number of rotatable bonds is 3. The van der Waals surface area contributed by atoms with E-state index in [1.807, 2.05) is 0 Å². The fourth-order valence-electron chi connectivity index (χ4n) is 1.41. The van der Waals surface area contributed by atoms with Gasteiger partial charge in [0.05, 0.1) is 12.5 Å². The van der Waals surface area contributed by atoms with E-state index in [9.17, 15) is 9.59 Å². The van der Waals surface area contributed by atoms with Crippen molar-refractivity contribution < 1.29 is 19.4 Å². The fourth-order valence-corrected chi connectivity index (χ4v) is 1.41. The van der Waals surface area contributed by atoms with Gasteiger partial charge in [-0.3, -0.25) is 4.79 Å². The lowest BCUT2D eigenvalue weighted by atomic mass is 9.98. The highest BCUT2D eigenvalue weighted by molar-refractivity contribution is 5.87. The summed E-state index contributed by atoms with van der Waals surface area (Å²) >= 11 is 0. The molecular formula is C10H17NO4. The highest BCUT2D eigenvalue weighted by atomic mass is 16.5. The average molecular weight is 215 g/mol. The van der Waals surface area contributed by atoms with Gasteiger partial charge in [-0.1, -0.05) is 0 Å². The van der Waals surface area contributed by atoms with E-state index in [-0.39, 0.29) is 11.8 Å². The minimum atomic E-state index is -1.21. The molecule has 1 unspecified atom stereocenters. The highest BCUT2D eigenvalue weighted by Crippen LogP contribution is 2.15. The van der Waals surface area contributed by atoms with Crippen molar-refractivity contribution in [1.82, 2.24) is 5.32 Å². The zero-order valence-corrected chi connectivity index (χ0v) is 9.08. The lowest BCUT2D eigenvalue weighted by Gasteiger charge is -2.26. The molecule has 1 heterocycles. The van der Waals surface area contributed by atoms with Crippen LogP contribution in [0.3, 0.4) is 0 Å². The number of carbonyl (C=O) groups is 2. The third-order valence-corrected chi connectivity index (χ3v) is 2.50. The van der Waals surface area contributed by atoms with Crippen molar-refractivity contribution in [3.8, 4) is 0 Å². The molecule has 0 radical (unpaired) electrons. The summed E-state index contributed by atoms with van der Waals surface area (Å²) in [4.78, 5) is 22.5. The molecule has 5 nitrogen and oxygen atoms in total. The number of ether oxygens (including phenoxy) is 1. The molecule has 0 spiro atoms. The first kappa shape index (κ1) is 12.0. The summed E-state index contributed by atoms with van der Waals surface area (Å²) < 4.78 is 5.17. The van der Waals surface area contributed by atoms with E-state index in [0.29, 0.717) is 13.2 Å². The van der Waals surface area contributed by atoms with Gasteiger partial charge >= 0.3 is 5.97 Å². The number of hydrogen-bond acceptors (Lipinski definition) is 3. The Hall–Kier alpha value is -1.10. The first-order valence-corrected chi connectivity index (χ1v) is 5.06. The Kier molecular flexibility index (Phi) is 3.68. The molecule has 1 amide bonds. The summed E-state index contributed by atoms with van der Waals surface area (Å²) in [5.41, 5.74) is -1.21. The van der Waals surface area contributed by atoms with Crippen LogP contribution in [0.2, 0.25) is 0 Å². The molecule has 0 aromatic carbocycles. The highest BCUT2D eigenvalue weighted by Gasteiger charge is 2.32. The molecule has 1 rings (SSSR count). The molecular weight excluding hydrogens is 198 g/mol. The zero-order valence-electron chi connectivity index (χ0n) is 9.08. The standard InChI is InChI=1S/C10H17NO4/c1-10(2,9(13)14)11-8(12)7-4-3-5-15-6-7/h7H,3-6H2,1-2H3,(H,11,12)(H,13,14). The molecule has 1 fully saturated rings. The SMILES string of the molecule is CC(C)(NC(=O)C1CCCOC1)C(=O)O. The number of carbonyl (C=O) groups excluding carboxylic acids is 1. The van der Waals surface area contributed by atoms with Crippen LogP contribution in [0, 0.1) is 5.92 Å². The van der Waals surface area contributed by atoms with Crippen LogP contribution < -0.4 is 5.32 Å². The lowest BCUT2D eigenvalue weighted by Crippen LogP contribution is -2.52. The van der Waals surface area contributed by atoms with Gasteiger partial charge in [0.25, 0.3) is 0 Å². The lowest BCUT2D eigenvalue weighted by molar-refractivity contribution is -0.147. The second kappa shape index (κ2) is 4.61. The maximum atomic E-state index is 11.7. The summed E-state index contributed by atoms with van der Waals surface area (Å²) in [7, 11) is 0. The van der Waals surface area contributed by atoms with E-state index in [4.69, 9.17) is 9.84 Å². The van der Waals surface area contributed by atoms with Crippen LogP contribution in [0.4, 0.5) is 0 Å². The molecule has 0 aliphatic carbocycles. The molecule has 1 atom stereocenters. The first-order valence-electron chi connectivity index (χ1n) is 5.06. The number of carboxylic acids is 1. The van der Waals surface area contributed by atoms with Gasteiger partial charge in [-0.15, -0.1) is 0 Å². The van der Waals surface area contributed by atoms with Crippen LogP contribution in [-0.4, -0.2) is 35.7 Å². The third-order valence-electron chi connectivity index (χ3n) is 2.50. The number of hydrogen-bond donors (Lipinski definition) is 2. The Morgan fingerprint density at radius 1 is 1.47 bits per heavy atom. The van der Waals surface area contributed by atoms with Crippen molar-refractivity contribution >= 4 is 11.9 Å². The number of carboxylic acid groups (broad SMARTS) is 1. The van der Waals surface area contributed by atoms with Gasteiger partial charge in [-0.25, -0.2) is 4.79 Å². The molecule has 1 saturated heterocycles. The molecule has 2 N–H and O–H groups in total. The van der Waals surface area contributed by atoms with Crippen molar-refractivity contribution in [2.24, 2.45) is 5.92 Å². The minimum Gasteiger partial charge on any atom is -0.480 e. The van der Waals surface area contributed by atoms with Crippen molar-refractivity contribution in [2.75, 3.05) is 13.2 Å². The van der Waals surface area contributed by atoms with Gasteiger partial charge in [0.2, 0.25) is 5.91 Å². The zero-order chi connectivity index (χ0) is 11.5. The fraction of sp³-hybridized carbons (Fsp3) is 0.800. The molecule has 1 aliphatic heterocycles. The Labute approximate surface area is 88.8 Å². The van der Waals surface area contributed by atoms with E-state index < -0.39 is 11.5 Å². The predicted molar refractivity (Wildman–Crippen MR) is 53.4 cm³/mol. The van der Waals surface area contributed by atoms with E-state index in [0.717, 1.165) is 12.8 Å². The second-order valence-corrected chi connectivity index (χ2v) is 4.33. The van der Waals surface area contributed by atoms with Crippen LogP contribution in [0.15, 0.2) is 0 Å². The van der Waals surface area contributed by atoms with Gasteiger partial charge < -0.3 is 15.2 Å². The summed E-state index contributed by atoms with van der Waals surface area (Å²) in [5.74, 6) is -1.48. The molecule has 5 heteroatoms. The van der Waals surface area contributed by atoms with Crippen LogP contribution in [0.5, 0.6) is 0 Å². The van der Waals surface area contributed by atoms with Crippen LogP contribution in [0.1, 0.15) is 26.7 Å². The molecule has 1 aliphatic rings. The minimum absolute atomic E-state index is 0.211. The summed E-state index contributed by atoms with van der Waals surface area (Å²) in [6, 6.07) is 0. The van der Waals surface area contributed by atoms with E-state index in [2.05, 4.69) is 5.32 Å². The molecule has 15 heavy (non-hydrogen) atoms. The quantitative estimate of drug-likeness (QED) is 0.714. The number of nitrogens with one attached hydrogen (secondary N) is 1. The molecule has 0 saturated carbocycles. The molecule has 86 valence electrons. The normalized spacial score (nSPS) is 22.1. The van der Waals surface area contributed by atoms with Crippen molar-refractivity contribution in [3.63, 3.8) is 0 Å². The van der Waals surface area contributed by atoms with Gasteiger partial charge in [-0.05, 0) is 26.7 Å². The van der Waals surface area contributed by atoms with E-state index >= 15 is 0 Å². The Bertz CT molecular complexity index is 256. The van der Waals surface area contributed by atoms with Crippen molar-refractivity contribution in [3.05, 3.63) is 0 Å². The summed E-state index contributed by atoms with van der Waals surface area (Å²) in [6.45, 7) is 4.02. The van der Waals surface area contributed by atoms with Crippen LogP contribution >= 0.6 is 0 Å². The Morgan fingerprint density at radius 2 is 2.13 bits per heavy atom. The van der Waals surface area contributed by atoms with Crippen LogP contribution in [-0.2, 0) is 14.3 Å². The molecule has 0 bridgehead atoms. The number of aliphatic carboxylic acids is 1. The van der Waals surface area contributed by atoms with Crippen molar-refractivity contribution in [2.45, 2.75) is 32.2 Å². The van der Waals surface area contributed by atoms with Crippen LogP contribution in [0.25, 0.3) is 0 Å². The Morgan fingerprint density at radius 3 is 2.60 bits per heavy atom. The largest absolute Gasteiger partial charge is 0.480 e. The topological polar surface area (TPSA) is 75.6 Å². The number of amides is 1. The monoisotopic (exact) mass is 215 g/mol. The predicted octanol–water partition coefficient (Wildman–Crippen LogP) is 0.392. The summed E-state index contributed by atoms with van der Waals surface area (Å²) in [6.07, 6.45) is 1.62.